The standard InChI is InChI=1S/C17H14ClN3O2/c1-23-16-7-5-12(18)9-15(16)21-17(22)20-13-6-4-11-3-2-8-19-14(11)10-13/h2-10H,1H3,(H2,20,21,22). The molecule has 0 fully saturated rings. The first-order valence-electron chi connectivity index (χ1n) is 6.92. The molecule has 0 saturated carbocycles. The Hall–Kier alpha value is -2.79. The van der Waals surface area contributed by atoms with Crippen molar-refractivity contribution in [2.75, 3.05) is 17.7 Å². The molecule has 0 bridgehead atoms. The van der Waals surface area contributed by atoms with E-state index in [0.29, 0.717) is 22.1 Å². The lowest BCUT2D eigenvalue weighted by atomic mass is 10.2. The van der Waals surface area contributed by atoms with Crippen LogP contribution in [-0.4, -0.2) is 18.1 Å². The largest absolute Gasteiger partial charge is 0.495 e. The van der Waals surface area contributed by atoms with Gasteiger partial charge in [-0.15, -0.1) is 0 Å². The molecule has 0 spiro atoms. The van der Waals surface area contributed by atoms with Crippen LogP contribution in [0.25, 0.3) is 10.9 Å². The quantitative estimate of drug-likeness (QED) is 0.742. The number of nitrogens with one attached hydrogen (secondary N) is 2. The van der Waals surface area contributed by atoms with E-state index >= 15 is 0 Å². The van der Waals surface area contributed by atoms with Crippen LogP contribution >= 0.6 is 11.6 Å². The molecular formula is C17H14ClN3O2. The number of carbonyl (C=O) groups excluding carboxylic acids is 1. The van der Waals surface area contributed by atoms with Crippen molar-refractivity contribution < 1.29 is 9.53 Å². The Morgan fingerprint density at radius 2 is 2.00 bits per heavy atom. The molecule has 0 aliphatic carbocycles. The molecular weight excluding hydrogens is 314 g/mol. The number of amides is 2. The van der Waals surface area contributed by atoms with Crippen LogP contribution in [-0.2, 0) is 0 Å². The van der Waals surface area contributed by atoms with Gasteiger partial charge < -0.3 is 15.4 Å². The third-order valence-electron chi connectivity index (χ3n) is 3.27. The van der Waals surface area contributed by atoms with Gasteiger partial charge in [-0.1, -0.05) is 23.7 Å². The van der Waals surface area contributed by atoms with E-state index in [2.05, 4.69) is 15.6 Å². The van der Waals surface area contributed by atoms with Gasteiger partial charge in [0.1, 0.15) is 5.75 Å². The topological polar surface area (TPSA) is 63.2 Å². The van der Waals surface area contributed by atoms with Crippen molar-refractivity contribution in [3.05, 3.63) is 59.8 Å². The molecule has 6 heteroatoms. The monoisotopic (exact) mass is 327 g/mol. The molecule has 3 rings (SSSR count). The van der Waals surface area contributed by atoms with Crippen LogP contribution in [0.2, 0.25) is 5.02 Å². The summed E-state index contributed by atoms with van der Waals surface area (Å²) in [5.74, 6) is 0.532. The summed E-state index contributed by atoms with van der Waals surface area (Å²) in [6.45, 7) is 0. The van der Waals surface area contributed by atoms with Crippen molar-refractivity contribution >= 4 is 39.9 Å². The van der Waals surface area contributed by atoms with Crippen LogP contribution in [0.5, 0.6) is 5.75 Å². The number of aromatic nitrogens is 1. The average molecular weight is 328 g/mol. The number of benzene rings is 2. The van der Waals surface area contributed by atoms with Gasteiger partial charge in [0.25, 0.3) is 0 Å². The van der Waals surface area contributed by atoms with Crippen molar-refractivity contribution in [1.82, 2.24) is 4.98 Å². The second kappa shape index (κ2) is 6.54. The SMILES string of the molecule is COc1ccc(Cl)cc1NC(=O)Nc1ccc2cccnc2c1. The Morgan fingerprint density at radius 1 is 1.13 bits per heavy atom. The lowest BCUT2D eigenvalue weighted by molar-refractivity contribution is 0.262. The highest BCUT2D eigenvalue weighted by atomic mass is 35.5. The van der Waals surface area contributed by atoms with Crippen molar-refractivity contribution in [2.45, 2.75) is 0 Å². The molecule has 23 heavy (non-hydrogen) atoms. The zero-order valence-corrected chi connectivity index (χ0v) is 13.1. The maximum absolute atomic E-state index is 12.2. The number of nitrogens with zero attached hydrogens (tertiary/aromatic N) is 1. The first-order valence-corrected chi connectivity index (χ1v) is 7.30. The molecule has 1 heterocycles. The van der Waals surface area contributed by atoms with Crippen molar-refractivity contribution in [1.29, 1.82) is 0 Å². The van der Waals surface area contributed by atoms with Gasteiger partial charge in [0.2, 0.25) is 0 Å². The number of methoxy groups -OCH3 is 1. The Bertz CT molecular complexity index is 867. The van der Waals surface area contributed by atoms with Crippen LogP contribution in [0.4, 0.5) is 16.2 Å². The van der Waals surface area contributed by atoms with Gasteiger partial charge in [-0.2, -0.15) is 0 Å². The molecule has 116 valence electrons. The number of fused-ring (bicyclic) bond motifs is 1. The predicted molar refractivity (Wildman–Crippen MR) is 92.4 cm³/mol. The molecule has 1 aromatic heterocycles. The third kappa shape index (κ3) is 3.52. The van der Waals surface area contributed by atoms with Gasteiger partial charge >= 0.3 is 6.03 Å². The number of pyridine rings is 1. The van der Waals surface area contributed by atoms with Crippen LogP contribution in [0.15, 0.2) is 54.7 Å². The summed E-state index contributed by atoms with van der Waals surface area (Å²) < 4.78 is 5.20. The van der Waals surface area contributed by atoms with E-state index in [0.717, 1.165) is 10.9 Å². The lowest BCUT2D eigenvalue weighted by Gasteiger charge is -2.11. The molecule has 0 aliphatic heterocycles. The highest BCUT2D eigenvalue weighted by Gasteiger charge is 2.09. The van der Waals surface area contributed by atoms with Gasteiger partial charge in [0.15, 0.2) is 0 Å². The Morgan fingerprint density at radius 3 is 2.83 bits per heavy atom. The smallest absolute Gasteiger partial charge is 0.323 e. The van der Waals surface area contributed by atoms with Gasteiger partial charge in [-0.3, -0.25) is 4.98 Å². The summed E-state index contributed by atoms with van der Waals surface area (Å²) in [7, 11) is 1.53. The van der Waals surface area contributed by atoms with Gasteiger partial charge in [-0.05, 0) is 36.4 Å². The van der Waals surface area contributed by atoms with Crippen LogP contribution in [0.1, 0.15) is 0 Å². The van der Waals surface area contributed by atoms with Crippen LogP contribution in [0, 0.1) is 0 Å². The minimum Gasteiger partial charge on any atom is -0.495 e. The summed E-state index contributed by atoms with van der Waals surface area (Å²) >= 11 is 5.95. The van der Waals surface area contributed by atoms with Gasteiger partial charge in [0.05, 0.1) is 18.3 Å². The van der Waals surface area contributed by atoms with E-state index in [1.54, 1.807) is 24.4 Å². The summed E-state index contributed by atoms with van der Waals surface area (Å²) in [6, 6.07) is 14.0. The number of ether oxygens (including phenoxy) is 1. The number of anilines is 2. The summed E-state index contributed by atoms with van der Waals surface area (Å²) in [4.78, 5) is 16.4. The van der Waals surface area contributed by atoms with Crippen LogP contribution in [0.3, 0.4) is 0 Å². The van der Waals surface area contributed by atoms with Crippen LogP contribution < -0.4 is 15.4 Å². The van der Waals surface area contributed by atoms with Gasteiger partial charge in [0, 0.05) is 22.3 Å². The molecule has 0 saturated heterocycles. The molecule has 2 N–H and O–H groups in total. The molecule has 0 radical (unpaired) electrons. The van der Waals surface area contributed by atoms with E-state index < -0.39 is 0 Å². The third-order valence-corrected chi connectivity index (χ3v) is 3.51. The molecule has 0 aliphatic rings. The summed E-state index contributed by atoms with van der Waals surface area (Å²) in [5.41, 5.74) is 1.96. The fourth-order valence-corrected chi connectivity index (χ4v) is 2.38. The zero-order valence-electron chi connectivity index (χ0n) is 12.3. The van der Waals surface area contributed by atoms with E-state index in [-0.39, 0.29) is 6.03 Å². The first-order chi connectivity index (χ1) is 11.2. The fraction of sp³-hybridized carbons (Fsp3) is 0.0588. The molecule has 2 aromatic carbocycles. The highest BCUT2D eigenvalue weighted by molar-refractivity contribution is 6.31. The maximum Gasteiger partial charge on any atom is 0.323 e. The highest BCUT2D eigenvalue weighted by Crippen LogP contribution is 2.27. The molecule has 3 aromatic rings. The average Bonchev–Trinajstić information content (AvgIpc) is 2.55. The summed E-state index contributed by atoms with van der Waals surface area (Å²) in [6.07, 6.45) is 1.71. The Kier molecular flexibility index (Phi) is 4.30. The second-order valence-corrected chi connectivity index (χ2v) is 5.27. The number of urea groups is 1. The van der Waals surface area contributed by atoms with E-state index in [9.17, 15) is 4.79 Å². The number of hydrogen-bond donors (Lipinski definition) is 2. The number of carbonyl (C=O) groups is 1. The Balaban J connectivity index is 1.77. The first kappa shape index (κ1) is 15.1. The number of halogens is 1. The summed E-state index contributed by atoms with van der Waals surface area (Å²) in [5, 5.41) is 7.00. The van der Waals surface area contributed by atoms with Crippen molar-refractivity contribution in [2.24, 2.45) is 0 Å². The fourth-order valence-electron chi connectivity index (χ4n) is 2.21. The zero-order chi connectivity index (χ0) is 16.2. The van der Waals surface area contributed by atoms with Crippen molar-refractivity contribution in [3.8, 4) is 5.75 Å². The molecule has 2 amide bonds. The minimum absolute atomic E-state index is 0.388. The van der Waals surface area contributed by atoms with Gasteiger partial charge in [-0.25, -0.2) is 4.79 Å². The normalized spacial score (nSPS) is 10.3. The van der Waals surface area contributed by atoms with E-state index in [1.807, 2.05) is 30.3 Å². The lowest BCUT2D eigenvalue weighted by Crippen LogP contribution is -2.19. The molecule has 0 unspecified atom stereocenters. The van der Waals surface area contributed by atoms with Crippen molar-refractivity contribution in [3.63, 3.8) is 0 Å². The molecule has 5 nitrogen and oxygen atoms in total. The predicted octanol–water partition coefficient (Wildman–Crippen LogP) is 4.54. The number of hydrogen-bond acceptors (Lipinski definition) is 3. The van der Waals surface area contributed by atoms with E-state index in [4.69, 9.17) is 16.3 Å². The second-order valence-electron chi connectivity index (χ2n) is 4.83. The minimum atomic E-state index is -0.388. The molecule has 0 atom stereocenters. The van der Waals surface area contributed by atoms with E-state index in [1.165, 1.54) is 7.11 Å². The maximum atomic E-state index is 12.2. The number of rotatable bonds is 3. The Labute approximate surface area is 138 Å².